The molecule has 1 atom stereocenters. The molecule has 5 nitrogen and oxygen atoms in total. The SMILES string of the molecule is COc1cccc(C2=NC3(CCN(C(C)C)CC3)NC(c3cc(Br)ccc3O)C2)c1. The third kappa shape index (κ3) is 4.41. The van der Waals surface area contributed by atoms with Crippen LogP contribution < -0.4 is 10.1 Å². The van der Waals surface area contributed by atoms with Crippen LogP contribution >= 0.6 is 15.9 Å². The van der Waals surface area contributed by atoms with Gasteiger partial charge in [-0.2, -0.15) is 0 Å². The molecule has 30 heavy (non-hydrogen) atoms. The fourth-order valence-electron chi connectivity index (χ4n) is 4.55. The first-order chi connectivity index (χ1) is 14.4. The number of piperidine rings is 1. The number of aliphatic imine (C=N–C) groups is 1. The van der Waals surface area contributed by atoms with Gasteiger partial charge in [-0.15, -0.1) is 0 Å². The largest absolute Gasteiger partial charge is 0.508 e. The molecule has 4 rings (SSSR count). The summed E-state index contributed by atoms with van der Waals surface area (Å²) in [5.41, 5.74) is 2.74. The second-order valence-corrected chi connectivity index (χ2v) is 9.47. The molecule has 0 aromatic heterocycles. The fourth-order valence-corrected chi connectivity index (χ4v) is 4.93. The van der Waals surface area contributed by atoms with Gasteiger partial charge in [-0.05, 0) is 62.6 Å². The molecule has 0 amide bonds. The average molecular weight is 472 g/mol. The molecule has 2 aliphatic heterocycles. The molecular weight excluding hydrogens is 442 g/mol. The molecule has 0 saturated carbocycles. The van der Waals surface area contributed by atoms with Gasteiger partial charge in [0.2, 0.25) is 0 Å². The Morgan fingerprint density at radius 1 is 1.20 bits per heavy atom. The smallest absolute Gasteiger partial charge is 0.120 e. The number of hydrogen-bond donors (Lipinski definition) is 2. The van der Waals surface area contributed by atoms with E-state index in [0.29, 0.717) is 18.2 Å². The van der Waals surface area contributed by atoms with Crippen molar-refractivity contribution in [3.8, 4) is 11.5 Å². The summed E-state index contributed by atoms with van der Waals surface area (Å²) in [6.45, 7) is 6.52. The van der Waals surface area contributed by atoms with Crippen LogP contribution in [0.25, 0.3) is 0 Å². The van der Waals surface area contributed by atoms with Crippen molar-refractivity contribution in [1.82, 2.24) is 10.2 Å². The van der Waals surface area contributed by atoms with Gasteiger partial charge in [-0.3, -0.25) is 10.3 Å². The van der Waals surface area contributed by atoms with Crippen molar-refractivity contribution < 1.29 is 9.84 Å². The Morgan fingerprint density at radius 2 is 1.97 bits per heavy atom. The average Bonchev–Trinajstić information content (AvgIpc) is 2.75. The molecular formula is C24H30BrN3O2. The minimum absolute atomic E-state index is 0.00759. The highest BCUT2D eigenvalue weighted by molar-refractivity contribution is 9.10. The van der Waals surface area contributed by atoms with Crippen LogP contribution in [0.2, 0.25) is 0 Å². The molecule has 2 aromatic carbocycles. The van der Waals surface area contributed by atoms with Crippen LogP contribution in [0.4, 0.5) is 0 Å². The Morgan fingerprint density at radius 3 is 2.67 bits per heavy atom. The summed E-state index contributed by atoms with van der Waals surface area (Å²) >= 11 is 3.56. The number of halogens is 1. The number of methoxy groups -OCH3 is 1. The van der Waals surface area contributed by atoms with Crippen LogP contribution in [-0.4, -0.2) is 47.6 Å². The standard InChI is InChI=1S/C24H30BrN3O2/c1-16(2)28-11-9-24(10-12-28)26-21(17-5-4-6-19(13-17)30-3)15-22(27-24)20-14-18(25)7-8-23(20)29/h4-8,13-14,16,22,27,29H,9-12,15H2,1-3H3. The molecule has 1 fully saturated rings. The maximum Gasteiger partial charge on any atom is 0.120 e. The van der Waals surface area contributed by atoms with E-state index in [2.05, 4.69) is 52.1 Å². The number of nitrogens with one attached hydrogen (secondary N) is 1. The van der Waals surface area contributed by atoms with Crippen molar-refractivity contribution in [2.45, 2.75) is 50.9 Å². The Kier molecular flexibility index (Phi) is 6.19. The predicted octanol–water partition coefficient (Wildman–Crippen LogP) is 4.89. The quantitative estimate of drug-likeness (QED) is 0.666. The van der Waals surface area contributed by atoms with Crippen molar-refractivity contribution in [3.05, 3.63) is 58.1 Å². The molecule has 0 radical (unpaired) electrons. The molecule has 6 heteroatoms. The van der Waals surface area contributed by atoms with Gasteiger partial charge >= 0.3 is 0 Å². The van der Waals surface area contributed by atoms with Crippen LogP contribution in [-0.2, 0) is 0 Å². The Labute approximate surface area is 187 Å². The summed E-state index contributed by atoms with van der Waals surface area (Å²) in [4.78, 5) is 7.78. The van der Waals surface area contributed by atoms with Gasteiger partial charge in [-0.1, -0.05) is 28.1 Å². The lowest BCUT2D eigenvalue weighted by Crippen LogP contribution is -2.56. The summed E-state index contributed by atoms with van der Waals surface area (Å²) < 4.78 is 6.41. The van der Waals surface area contributed by atoms with Crippen LogP contribution in [0.3, 0.4) is 0 Å². The van der Waals surface area contributed by atoms with E-state index < -0.39 is 0 Å². The van der Waals surface area contributed by atoms with E-state index in [0.717, 1.165) is 53.0 Å². The van der Waals surface area contributed by atoms with Gasteiger partial charge in [-0.25, -0.2) is 0 Å². The lowest BCUT2D eigenvalue weighted by molar-refractivity contribution is 0.103. The zero-order valence-electron chi connectivity index (χ0n) is 17.9. The number of phenolic OH excluding ortho intramolecular Hbond substituents is 1. The maximum absolute atomic E-state index is 10.6. The minimum Gasteiger partial charge on any atom is -0.508 e. The van der Waals surface area contributed by atoms with Gasteiger partial charge < -0.3 is 14.7 Å². The van der Waals surface area contributed by atoms with Crippen LogP contribution in [0.15, 0.2) is 51.9 Å². The van der Waals surface area contributed by atoms with Gasteiger partial charge in [0.15, 0.2) is 0 Å². The van der Waals surface area contributed by atoms with Gasteiger partial charge in [0.05, 0.1) is 7.11 Å². The number of phenols is 1. The Bertz CT molecular complexity index is 936. The monoisotopic (exact) mass is 471 g/mol. The van der Waals surface area contributed by atoms with E-state index in [9.17, 15) is 5.11 Å². The second-order valence-electron chi connectivity index (χ2n) is 8.56. The van der Waals surface area contributed by atoms with E-state index in [1.165, 1.54) is 0 Å². The molecule has 1 saturated heterocycles. The van der Waals surface area contributed by atoms with Gasteiger partial charge in [0.1, 0.15) is 17.2 Å². The molecule has 2 heterocycles. The number of likely N-dealkylation sites (tertiary alicyclic amines) is 1. The van der Waals surface area contributed by atoms with E-state index in [1.54, 1.807) is 13.2 Å². The molecule has 2 aliphatic rings. The van der Waals surface area contributed by atoms with Crippen LogP contribution in [0, 0.1) is 0 Å². The van der Waals surface area contributed by atoms with E-state index >= 15 is 0 Å². The highest BCUT2D eigenvalue weighted by Crippen LogP contribution is 2.38. The topological polar surface area (TPSA) is 57.1 Å². The molecule has 160 valence electrons. The maximum atomic E-state index is 10.6. The zero-order chi connectivity index (χ0) is 21.3. The van der Waals surface area contributed by atoms with Crippen molar-refractivity contribution in [2.75, 3.05) is 20.2 Å². The highest BCUT2D eigenvalue weighted by atomic mass is 79.9. The van der Waals surface area contributed by atoms with E-state index in [-0.39, 0.29) is 11.7 Å². The minimum atomic E-state index is -0.318. The second kappa shape index (κ2) is 8.69. The lowest BCUT2D eigenvalue weighted by atomic mass is 9.87. The molecule has 1 unspecified atom stereocenters. The number of hydrogen-bond acceptors (Lipinski definition) is 5. The fraction of sp³-hybridized carbons (Fsp3) is 0.458. The molecule has 0 aliphatic carbocycles. The highest BCUT2D eigenvalue weighted by Gasteiger charge is 2.41. The first kappa shape index (κ1) is 21.3. The van der Waals surface area contributed by atoms with Crippen LogP contribution in [0.5, 0.6) is 11.5 Å². The first-order valence-corrected chi connectivity index (χ1v) is 11.4. The summed E-state index contributed by atoms with van der Waals surface area (Å²) in [7, 11) is 1.69. The number of nitrogens with zero attached hydrogens (tertiary/aromatic N) is 2. The Hall–Kier alpha value is -1.89. The molecule has 2 N–H and O–H groups in total. The third-order valence-electron chi connectivity index (χ3n) is 6.31. The number of ether oxygens (including phenoxy) is 1. The number of rotatable bonds is 4. The first-order valence-electron chi connectivity index (χ1n) is 10.6. The predicted molar refractivity (Wildman–Crippen MR) is 125 cm³/mol. The summed E-state index contributed by atoms with van der Waals surface area (Å²) in [5, 5.41) is 14.4. The van der Waals surface area contributed by atoms with Crippen molar-refractivity contribution >= 4 is 21.6 Å². The lowest BCUT2D eigenvalue weighted by Gasteiger charge is -2.46. The van der Waals surface area contributed by atoms with Crippen LogP contribution in [0.1, 0.15) is 50.3 Å². The number of benzene rings is 2. The molecule has 0 bridgehead atoms. The molecule has 1 spiro atoms. The number of aromatic hydroxyl groups is 1. The zero-order valence-corrected chi connectivity index (χ0v) is 19.4. The van der Waals surface area contributed by atoms with Crippen molar-refractivity contribution in [2.24, 2.45) is 4.99 Å². The summed E-state index contributed by atoms with van der Waals surface area (Å²) in [6, 6.07) is 14.3. The normalized spacial score (nSPS) is 21.6. The van der Waals surface area contributed by atoms with Crippen molar-refractivity contribution in [1.29, 1.82) is 0 Å². The van der Waals surface area contributed by atoms with E-state index in [4.69, 9.17) is 9.73 Å². The molecule has 2 aromatic rings. The van der Waals surface area contributed by atoms with Crippen molar-refractivity contribution in [3.63, 3.8) is 0 Å². The third-order valence-corrected chi connectivity index (χ3v) is 6.81. The summed E-state index contributed by atoms with van der Waals surface area (Å²) in [6.07, 6.45) is 2.61. The van der Waals surface area contributed by atoms with Gasteiger partial charge in [0.25, 0.3) is 0 Å². The van der Waals surface area contributed by atoms with E-state index in [1.807, 2.05) is 24.3 Å². The summed E-state index contributed by atoms with van der Waals surface area (Å²) in [5.74, 6) is 1.15. The Balaban J connectivity index is 1.72. The van der Waals surface area contributed by atoms with Gasteiger partial charge in [0, 0.05) is 47.3 Å².